The van der Waals surface area contributed by atoms with Gasteiger partial charge in [0.25, 0.3) is 0 Å². The van der Waals surface area contributed by atoms with Gasteiger partial charge in [0, 0.05) is 22.6 Å². The summed E-state index contributed by atoms with van der Waals surface area (Å²) in [5.41, 5.74) is 2.85. The minimum atomic E-state index is 0.631. The Labute approximate surface area is 100 Å². The molecule has 2 atom stereocenters. The SMILES string of the molecule is CC(Br)CCC1CCCc2cccnc21. The molecule has 1 aromatic rings. The highest BCUT2D eigenvalue weighted by Gasteiger charge is 2.20. The van der Waals surface area contributed by atoms with Crippen LogP contribution in [0.15, 0.2) is 18.3 Å². The fraction of sp³-hybridized carbons (Fsp3) is 0.615. The molecule has 0 N–H and O–H groups in total. The molecule has 82 valence electrons. The number of aromatic nitrogens is 1. The molecule has 1 aliphatic carbocycles. The number of nitrogens with zero attached hydrogens (tertiary/aromatic N) is 1. The summed E-state index contributed by atoms with van der Waals surface area (Å²) in [5.74, 6) is 0.704. The van der Waals surface area contributed by atoms with Crippen molar-refractivity contribution in [1.29, 1.82) is 0 Å². The van der Waals surface area contributed by atoms with Crippen molar-refractivity contribution in [2.24, 2.45) is 0 Å². The smallest absolute Gasteiger partial charge is 0.0466 e. The Hall–Kier alpha value is -0.370. The maximum atomic E-state index is 4.56. The van der Waals surface area contributed by atoms with Gasteiger partial charge in [-0.05, 0) is 43.7 Å². The zero-order valence-electron chi connectivity index (χ0n) is 9.25. The summed E-state index contributed by atoms with van der Waals surface area (Å²) in [6.07, 6.45) is 8.35. The highest BCUT2D eigenvalue weighted by Crippen LogP contribution is 2.33. The largest absolute Gasteiger partial charge is 0.261 e. The van der Waals surface area contributed by atoms with E-state index in [1.165, 1.54) is 43.4 Å². The molecule has 1 heterocycles. The van der Waals surface area contributed by atoms with E-state index in [9.17, 15) is 0 Å². The van der Waals surface area contributed by atoms with Crippen molar-refractivity contribution in [3.8, 4) is 0 Å². The lowest BCUT2D eigenvalue weighted by Gasteiger charge is -2.24. The number of rotatable bonds is 3. The first-order chi connectivity index (χ1) is 7.27. The van der Waals surface area contributed by atoms with E-state index in [1.54, 1.807) is 0 Å². The van der Waals surface area contributed by atoms with Gasteiger partial charge >= 0.3 is 0 Å². The van der Waals surface area contributed by atoms with Gasteiger partial charge in [-0.2, -0.15) is 0 Å². The van der Waals surface area contributed by atoms with Crippen molar-refractivity contribution in [3.63, 3.8) is 0 Å². The van der Waals surface area contributed by atoms with Gasteiger partial charge in [-0.25, -0.2) is 0 Å². The lowest BCUT2D eigenvalue weighted by molar-refractivity contribution is 0.493. The number of fused-ring (bicyclic) bond motifs is 1. The predicted octanol–water partition coefficient (Wildman–Crippen LogP) is 4.07. The first-order valence-corrected chi connectivity index (χ1v) is 6.77. The van der Waals surface area contributed by atoms with Gasteiger partial charge < -0.3 is 0 Å². The Morgan fingerprint density at radius 2 is 2.47 bits per heavy atom. The van der Waals surface area contributed by atoms with E-state index in [4.69, 9.17) is 0 Å². The van der Waals surface area contributed by atoms with Gasteiger partial charge in [-0.1, -0.05) is 28.9 Å². The van der Waals surface area contributed by atoms with Crippen LogP contribution >= 0.6 is 15.9 Å². The highest BCUT2D eigenvalue weighted by atomic mass is 79.9. The maximum Gasteiger partial charge on any atom is 0.0466 e. The van der Waals surface area contributed by atoms with Gasteiger partial charge in [0.1, 0.15) is 0 Å². The highest BCUT2D eigenvalue weighted by molar-refractivity contribution is 9.09. The molecule has 1 nitrogen and oxygen atoms in total. The number of pyridine rings is 1. The van der Waals surface area contributed by atoms with Crippen LogP contribution in [0.5, 0.6) is 0 Å². The molecule has 0 spiro atoms. The van der Waals surface area contributed by atoms with Crippen molar-refractivity contribution in [2.45, 2.75) is 49.8 Å². The Bertz CT molecular complexity index is 322. The third-order valence-electron chi connectivity index (χ3n) is 3.22. The molecule has 0 saturated carbocycles. The van der Waals surface area contributed by atoms with Gasteiger partial charge in [0.05, 0.1) is 0 Å². The summed E-state index contributed by atoms with van der Waals surface area (Å²) in [5, 5.41) is 0. The summed E-state index contributed by atoms with van der Waals surface area (Å²) < 4.78 is 0. The van der Waals surface area contributed by atoms with Crippen LogP contribution < -0.4 is 0 Å². The van der Waals surface area contributed by atoms with E-state index in [0.29, 0.717) is 10.7 Å². The second-order valence-corrected chi connectivity index (χ2v) is 6.06. The van der Waals surface area contributed by atoms with Gasteiger partial charge in [0.2, 0.25) is 0 Å². The minimum absolute atomic E-state index is 0.631. The minimum Gasteiger partial charge on any atom is -0.261 e. The average Bonchev–Trinajstić information content (AvgIpc) is 2.26. The van der Waals surface area contributed by atoms with Crippen molar-refractivity contribution in [2.75, 3.05) is 0 Å². The number of aryl methyl sites for hydroxylation is 1. The lowest BCUT2D eigenvalue weighted by atomic mass is 9.84. The summed E-state index contributed by atoms with van der Waals surface area (Å²) in [6, 6.07) is 4.31. The van der Waals surface area contributed by atoms with E-state index in [1.807, 2.05) is 6.20 Å². The van der Waals surface area contributed by atoms with Gasteiger partial charge in [-0.3, -0.25) is 4.98 Å². The van der Waals surface area contributed by atoms with E-state index in [-0.39, 0.29) is 0 Å². The fourth-order valence-electron chi connectivity index (χ4n) is 2.42. The van der Waals surface area contributed by atoms with Crippen LogP contribution in [0.2, 0.25) is 0 Å². The summed E-state index contributed by atoms with van der Waals surface area (Å²) >= 11 is 3.62. The lowest BCUT2D eigenvalue weighted by Crippen LogP contribution is -2.12. The summed E-state index contributed by atoms with van der Waals surface area (Å²) in [7, 11) is 0. The van der Waals surface area contributed by atoms with Crippen molar-refractivity contribution in [1.82, 2.24) is 4.98 Å². The maximum absolute atomic E-state index is 4.56. The normalized spacial score (nSPS) is 22.1. The summed E-state index contributed by atoms with van der Waals surface area (Å²) in [6.45, 7) is 2.22. The second kappa shape index (κ2) is 5.11. The Morgan fingerprint density at radius 1 is 1.60 bits per heavy atom. The van der Waals surface area contributed by atoms with Crippen LogP contribution in [-0.4, -0.2) is 9.81 Å². The molecule has 0 aromatic carbocycles. The molecule has 2 unspecified atom stereocenters. The van der Waals surface area contributed by atoms with E-state index < -0.39 is 0 Å². The predicted molar refractivity (Wildman–Crippen MR) is 67.5 cm³/mol. The van der Waals surface area contributed by atoms with Crippen LogP contribution in [-0.2, 0) is 6.42 Å². The Morgan fingerprint density at radius 3 is 3.27 bits per heavy atom. The number of alkyl halides is 1. The Kier molecular flexibility index (Phi) is 3.79. The van der Waals surface area contributed by atoms with E-state index in [2.05, 4.69) is 40.0 Å². The van der Waals surface area contributed by atoms with Crippen LogP contribution in [0.3, 0.4) is 0 Å². The fourth-order valence-corrected chi connectivity index (χ4v) is 2.68. The van der Waals surface area contributed by atoms with Crippen LogP contribution in [0.1, 0.15) is 49.8 Å². The van der Waals surface area contributed by atoms with Crippen molar-refractivity contribution >= 4 is 15.9 Å². The second-order valence-electron chi connectivity index (χ2n) is 4.50. The Balaban J connectivity index is 2.08. The molecule has 0 bridgehead atoms. The number of hydrogen-bond donors (Lipinski definition) is 0. The van der Waals surface area contributed by atoms with Crippen molar-refractivity contribution < 1.29 is 0 Å². The molecule has 2 rings (SSSR count). The third-order valence-corrected chi connectivity index (χ3v) is 3.68. The molecule has 15 heavy (non-hydrogen) atoms. The zero-order valence-corrected chi connectivity index (χ0v) is 10.8. The topological polar surface area (TPSA) is 12.9 Å². The summed E-state index contributed by atoms with van der Waals surface area (Å²) in [4.78, 5) is 5.19. The number of hydrogen-bond acceptors (Lipinski definition) is 1. The molecule has 0 radical (unpaired) electrons. The standard InChI is InChI=1S/C13H18BrN/c1-10(14)7-8-12-5-2-4-11-6-3-9-15-13(11)12/h3,6,9-10,12H,2,4-5,7-8H2,1H3. The average molecular weight is 268 g/mol. The van der Waals surface area contributed by atoms with Crippen LogP contribution in [0, 0.1) is 0 Å². The molecule has 1 aliphatic rings. The van der Waals surface area contributed by atoms with Crippen LogP contribution in [0.25, 0.3) is 0 Å². The van der Waals surface area contributed by atoms with Gasteiger partial charge in [-0.15, -0.1) is 0 Å². The first kappa shape index (κ1) is 11.1. The zero-order chi connectivity index (χ0) is 10.7. The monoisotopic (exact) mass is 267 g/mol. The molecule has 0 saturated heterocycles. The van der Waals surface area contributed by atoms with E-state index >= 15 is 0 Å². The quantitative estimate of drug-likeness (QED) is 0.753. The molecule has 1 aromatic heterocycles. The van der Waals surface area contributed by atoms with Crippen molar-refractivity contribution in [3.05, 3.63) is 29.6 Å². The molecular formula is C13H18BrN. The molecule has 0 fully saturated rings. The van der Waals surface area contributed by atoms with Gasteiger partial charge in [0.15, 0.2) is 0 Å². The molecular weight excluding hydrogens is 250 g/mol. The third kappa shape index (κ3) is 2.81. The molecule has 0 aliphatic heterocycles. The molecule has 2 heteroatoms. The molecule has 0 amide bonds. The van der Waals surface area contributed by atoms with E-state index in [0.717, 1.165) is 0 Å². The van der Waals surface area contributed by atoms with Crippen LogP contribution in [0.4, 0.5) is 0 Å². The first-order valence-electron chi connectivity index (χ1n) is 5.85. The number of halogens is 1.